The highest BCUT2D eigenvalue weighted by molar-refractivity contribution is 6.08. The van der Waals surface area contributed by atoms with E-state index >= 15 is 0 Å². The number of hydrogen-bond acceptors (Lipinski definition) is 5. The Labute approximate surface area is 181 Å². The Bertz CT molecular complexity index is 1030. The standard InChI is InChI=1S/C22H30N6O3/c1-14(2)21(30)27-9-7-16(13-27)25(3)12-15-5-6-17-18(11-15)26(4)24-20(17)28-10-8-19(29)23-22(28)31/h5-6,11,14,16H,7-10,12-13H2,1-4H3,(H,23,29,31)/t16-/m0/s1. The maximum atomic E-state index is 12.3. The molecule has 0 unspecified atom stereocenters. The number of likely N-dealkylation sites (N-methyl/N-ethyl adjacent to an activating group) is 1. The predicted octanol–water partition coefficient (Wildman–Crippen LogP) is 1.71. The first-order chi connectivity index (χ1) is 14.7. The molecule has 0 saturated carbocycles. The van der Waals surface area contributed by atoms with Gasteiger partial charge in [0.15, 0.2) is 5.82 Å². The smallest absolute Gasteiger partial charge is 0.329 e. The molecule has 2 aliphatic heterocycles. The van der Waals surface area contributed by atoms with Crippen LogP contribution in [-0.4, -0.2) is 70.1 Å². The van der Waals surface area contributed by atoms with E-state index in [1.54, 1.807) is 4.68 Å². The van der Waals surface area contributed by atoms with Crippen molar-refractivity contribution in [3.05, 3.63) is 23.8 Å². The van der Waals surface area contributed by atoms with Crippen LogP contribution in [0.5, 0.6) is 0 Å². The number of aromatic nitrogens is 2. The zero-order chi connectivity index (χ0) is 22.3. The predicted molar refractivity (Wildman–Crippen MR) is 118 cm³/mol. The lowest BCUT2D eigenvalue weighted by Crippen LogP contribution is -2.49. The van der Waals surface area contributed by atoms with Crippen molar-refractivity contribution in [3.8, 4) is 0 Å². The summed E-state index contributed by atoms with van der Waals surface area (Å²) in [6.07, 6.45) is 1.25. The topological polar surface area (TPSA) is 90.8 Å². The molecule has 1 N–H and O–H groups in total. The van der Waals surface area contributed by atoms with Gasteiger partial charge in [0.1, 0.15) is 0 Å². The van der Waals surface area contributed by atoms with Gasteiger partial charge in [0, 0.05) is 57.0 Å². The Balaban J connectivity index is 1.49. The zero-order valence-corrected chi connectivity index (χ0v) is 18.6. The number of carbonyl (C=O) groups excluding carboxylic acids is 3. The molecule has 2 saturated heterocycles. The van der Waals surface area contributed by atoms with Crippen molar-refractivity contribution in [2.75, 3.05) is 31.6 Å². The van der Waals surface area contributed by atoms with E-state index in [-0.39, 0.29) is 24.2 Å². The third kappa shape index (κ3) is 4.14. The summed E-state index contributed by atoms with van der Waals surface area (Å²) in [4.78, 5) is 41.8. The van der Waals surface area contributed by atoms with E-state index in [9.17, 15) is 14.4 Å². The summed E-state index contributed by atoms with van der Waals surface area (Å²) in [6.45, 7) is 6.58. The van der Waals surface area contributed by atoms with Gasteiger partial charge >= 0.3 is 6.03 Å². The average Bonchev–Trinajstić information content (AvgIpc) is 3.33. The summed E-state index contributed by atoms with van der Waals surface area (Å²) in [5.74, 6) is 0.571. The van der Waals surface area contributed by atoms with Crippen molar-refractivity contribution in [1.29, 1.82) is 0 Å². The molecule has 31 heavy (non-hydrogen) atoms. The summed E-state index contributed by atoms with van der Waals surface area (Å²) in [7, 11) is 3.96. The van der Waals surface area contributed by atoms with Gasteiger partial charge in [-0.15, -0.1) is 0 Å². The quantitative estimate of drug-likeness (QED) is 0.786. The number of rotatable bonds is 5. The van der Waals surface area contributed by atoms with Crippen LogP contribution in [0.1, 0.15) is 32.3 Å². The van der Waals surface area contributed by atoms with Crippen LogP contribution < -0.4 is 10.2 Å². The van der Waals surface area contributed by atoms with Crippen LogP contribution >= 0.6 is 0 Å². The second-order valence-corrected chi connectivity index (χ2v) is 8.85. The molecular formula is C22H30N6O3. The van der Waals surface area contributed by atoms with Crippen LogP contribution in [0, 0.1) is 5.92 Å². The Hall–Kier alpha value is -2.94. The van der Waals surface area contributed by atoms with Crippen LogP contribution in [0.2, 0.25) is 0 Å². The average molecular weight is 427 g/mol. The molecule has 2 fully saturated rings. The van der Waals surface area contributed by atoms with Crippen molar-refractivity contribution in [3.63, 3.8) is 0 Å². The van der Waals surface area contributed by atoms with E-state index in [4.69, 9.17) is 0 Å². The maximum Gasteiger partial charge on any atom is 0.329 e. The van der Waals surface area contributed by atoms with Crippen molar-refractivity contribution in [1.82, 2.24) is 24.9 Å². The molecule has 4 amide bonds. The number of likely N-dealkylation sites (tertiary alicyclic amines) is 1. The molecule has 2 aliphatic rings. The minimum Gasteiger partial charge on any atom is -0.341 e. The lowest BCUT2D eigenvalue weighted by atomic mass is 10.1. The van der Waals surface area contributed by atoms with Crippen molar-refractivity contribution >= 4 is 34.6 Å². The first-order valence-electron chi connectivity index (χ1n) is 10.8. The molecule has 1 atom stereocenters. The number of nitrogens with zero attached hydrogens (tertiary/aromatic N) is 5. The summed E-state index contributed by atoms with van der Waals surface area (Å²) < 4.78 is 1.77. The van der Waals surface area contributed by atoms with Gasteiger partial charge in [-0.2, -0.15) is 5.10 Å². The Morgan fingerprint density at radius 2 is 2.06 bits per heavy atom. The molecule has 2 aromatic rings. The van der Waals surface area contributed by atoms with E-state index in [0.717, 1.165) is 42.5 Å². The molecule has 9 heteroatoms. The number of fused-ring (bicyclic) bond motifs is 1. The number of urea groups is 1. The van der Waals surface area contributed by atoms with Crippen LogP contribution in [0.25, 0.3) is 10.9 Å². The van der Waals surface area contributed by atoms with Gasteiger partial charge in [-0.3, -0.25) is 29.4 Å². The van der Waals surface area contributed by atoms with E-state index in [1.807, 2.05) is 31.9 Å². The normalized spacial score (nSPS) is 19.7. The molecule has 1 aromatic carbocycles. The second kappa shape index (κ2) is 8.30. The molecule has 0 spiro atoms. The summed E-state index contributed by atoms with van der Waals surface area (Å²) >= 11 is 0. The van der Waals surface area contributed by atoms with Crippen LogP contribution in [0.15, 0.2) is 18.2 Å². The minimum atomic E-state index is -0.429. The number of nitrogens with one attached hydrogen (secondary N) is 1. The molecule has 9 nitrogen and oxygen atoms in total. The van der Waals surface area contributed by atoms with Crippen LogP contribution in [0.4, 0.5) is 10.6 Å². The minimum absolute atomic E-state index is 0.0330. The molecule has 0 aliphatic carbocycles. The third-order valence-electron chi connectivity index (χ3n) is 6.23. The van der Waals surface area contributed by atoms with Gasteiger partial charge in [-0.1, -0.05) is 19.9 Å². The van der Waals surface area contributed by atoms with Crippen LogP contribution in [-0.2, 0) is 23.2 Å². The molecule has 1 aromatic heterocycles. The van der Waals surface area contributed by atoms with Crippen molar-refractivity contribution in [2.24, 2.45) is 13.0 Å². The van der Waals surface area contributed by atoms with Gasteiger partial charge in [-0.05, 0) is 31.2 Å². The third-order valence-corrected chi connectivity index (χ3v) is 6.23. The largest absolute Gasteiger partial charge is 0.341 e. The molecular weight excluding hydrogens is 396 g/mol. The lowest BCUT2D eigenvalue weighted by molar-refractivity contribution is -0.133. The first kappa shape index (κ1) is 21.3. The fourth-order valence-electron chi connectivity index (χ4n) is 4.43. The maximum absolute atomic E-state index is 12.3. The summed E-state index contributed by atoms with van der Waals surface area (Å²) in [5.41, 5.74) is 2.09. The highest BCUT2D eigenvalue weighted by Crippen LogP contribution is 2.28. The summed E-state index contributed by atoms with van der Waals surface area (Å²) in [6, 6.07) is 6.06. The fourth-order valence-corrected chi connectivity index (χ4v) is 4.43. The van der Waals surface area contributed by atoms with E-state index in [2.05, 4.69) is 34.5 Å². The van der Waals surface area contributed by atoms with E-state index in [0.29, 0.717) is 18.4 Å². The number of benzene rings is 1. The Morgan fingerprint density at radius 1 is 1.29 bits per heavy atom. The second-order valence-electron chi connectivity index (χ2n) is 8.85. The molecule has 0 bridgehead atoms. The fraction of sp³-hybridized carbons (Fsp3) is 0.545. The van der Waals surface area contributed by atoms with Gasteiger partial charge < -0.3 is 4.90 Å². The zero-order valence-electron chi connectivity index (χ0n) is 18.6. The monoisotopic (exact) mass is 426 g/mol. The number of imide groups is 1. The highest BCUT2D eigenvalue weighted by atomic mass is 16.2. The summed E-state index contributed by atoms with van der Waals surface area (Å²) in [5, 5.41) is 7.78. The SMILES string of the molecule is CC(C)C(=O)N1CC[C@H](N(C)Cc2ccc3c(N4CCC(=O)NC4=O)nn(C)c3c2)C1. The number of amides is 4. The number of hydrogen-bond donors (Lipinski definition) is 1. The number of anilines is 1. The van der Waals surface area contributed by atoms with Gasteiger partial charge in [0.2, 0.25) is 11.8 Å². The molecule has 166 valence electrons. The van der Waals surface area contributed by atoms with Crippen molar-refractivity contribution in [2.45, 2.75) is 39.3 Å². The lowest BCUT2D eigenvalue weighted by Gasteiger charge is -2.25. The molecule has 0 radical (unpaired) electrons. The van der Waals surface area contributed by atoms with Crippen molar-refractivity contribution < 1.29 is 14.4 Å². The van der Waals surface area contributed by atoms with Gasteiger partial charge in [0.25, 0.3) is 0 Å². The van der Waals surface area contributed by atoms with E-state index < -0.39 is 6.03 Å². The Kier molecular flexibility index (Phi) is 5.70. The number of aryl methyl sites for hydroxylation is 1. The van der Waals surface area contributed by atoms with Crippen LogP contribution in [0.3, 0.4) is 0 Å². The van der Waals surface area contributed by atoms with E-state index in [1.165, 1.54) is 4.90 Å². The molecule has 4 rings (SSSR count). The Morgan fingerprint density at radius 3 is 2.77 bits per heavy atom. The first-order valence-corrected chi connectivity index (χ1v) is 10.8. The van der Waals surface area contributed by atoms with Gasteiger partial charge in [-0.25, -0.2) is 4.79 Å². The highest BCUT2D eigenvalue weighted by Gasteiger charge is 2.30. The number of carbonyl (C=O) groups is 3. The van der Waals surface area contributed by atoms with Gasteiger partial charge in [0.05, 0.1) is 5.52 Å². The molecule has 3 heterocycles.